The number of thiol groups is 1. The quantitative estimate of drug-likeness (QED) is 0.410. The normalized spacial score (nSPS) is 12.5. The van der Waals surface area contributed by atoms with Crippen LogP contribution in [0, 0.1) is 0 Å². The molecule has 0 bridgehead atoms. The minimum Gasteiger partial charge on any atom is -0.377 e. The van der Waals surface area contributed by atoms with E-state index >= 15 is 0 Å². The van der Waals surface area contributed by atoms with Gasteiger partial charge in [0, 0.05) is 19.8 Å². The van der Waals surface area contributed by atoms with Crippen LogP contribution in [0.25, 0.3) is 0 Å². The SMILES string of the molecule is CO[Si](OC)(OCS)C(C)C. The molecule has 0 aromatic carbocycles. The summed E-state index contributed by atoms with van der Waals surface area (Å²) in [6.45, 7) is 4.03. The predicted octanol–water partition coefficient (Wildman–Crippen LogP) is 1.53. The van der Waals surface area contributed by atoms with Crippen molar-refractivity contribution in [1.82, 2.24) is 0 Å². The van der Waals surface area contributed by atoms with Gasteiger partial charge in [-0.25, -0.2) is 0 Å². The van der Waals surface area contributed by atoms with E-state index in [4.69, 9.17) is 13.3 Å². The van der Waals surface area contributed by atoms with Gasteiger partial charge in [-0.2, -0.15) is 12.6 Å². The molecule has 0 saturated heterocycles. The lowest BCUT2D eigenvalue weighted by Crippen LogP contribution is -2.46. The number of rotatable bonds is 5. The maximum Gasteiger partial charge on any atom is 0.503 e. The second-order valence-electron chi connectivity index (χ2n) is 2.44. The monoisotopic (exact) mass is 196 g/mol. The van der Waals surface area contributed by atoms with Crippen LogP contribution in [-0.2, 0) is 13.3 Å². The van der Waals surface area contributed by atoms with E-state index in [0.717, 1.165) is 0 Å². The van der Waals surface area contributed by atoms with Gasteiger partial charge in [-0.05, 0) is 0 Å². The fourth-order valence-corrected chi connectivity index (χ4v) is 3.33. The third kappa shape index (κ3) is 2.76. The zero-order valence-corrected chi connectivity index (χ0v) is 9.35. The smallest absolute Gasteiger partial charge is 0.377 e. The first kappa shape index (κ1) is 11.4. The fourth-order valence-electron chi connectivity index (χ4n) is 0.929. The molecule has 0 heterocycles. The lowest BCUT2D eigenvalue weighted by molar-refractivity contribution is 0.110. The predicted molar refractivity (Wildman–Crippen MR) is 49.8 cm³/mol. The van der Waals surface area contributed by atoms with Crippen molar-refractivity contribution in [2.75, 3.05) is 20.2 Å². The molecule has 0 saturated carbocycles. The van der Waals surface area contributed by atoms with Crippen LogP contribution < -0.4 is 0 Å². The third-order valence-corrected chi connectivity index (χ3v) is 5.01. The summed E-state index contributed by atoms with van der Waals surface area (Å²) in [5.74, 6) is 0.339. The molecular weight excluding hydrogens is 180 g/mol. The van der Waals surface area contributed by atoms with Crippen molar-refractivity contribution in [3.8, 4) is 0 Å². The first-order valence-corrected chi connectivity index (χ1v) is 5.91. The van der Waals surface area contributed by atoms with E-state index in [-0.39, 0.29) is 5.54 Å². The van der Waals surface area contributed by atoms with Gasteiger partial charge in [-0.3, -0.25) is 0 Å². The minimum absolute atomic E-state index is 0.268. The summed E-state index contributed by atoms with van der Waals surface area (Å²) in [6, 6.07) is 0. The van der Waals surface area contributed by atoms with Gasteiger partial charge in [-0.15, -0.1) is 0 Å². The van der Waals surface area contributed by atoms with Crippen molar-refractivity contribution < 1.29 is 13.3 Å². The van der Waals surface area contributed by atoms with E-state index in [1.54, 1.807) is 14.2 Å². The van der Waals surface area contributed by atoms with Gasteiger partial charge >= 0.3 is 8.80 Å². The van der Waals surface area contributed by atoms with E-state index in [0.29, 0.717) is 5.94 Å². The molecule has 0 rings (SSSR count). The Bertz CT molecular complexity index is 106. The van der Waals surface area contributed by atoms with E-state index in [9.17, 15) is 0 Å². The van der Waals surface area contributed by atoms with E-state index in [1.165, 1.54) is 0 Å². The Morgan fingerprint density at radius 2 is 1.73 bits per heavy atom. The van der Waals surface area contributed by atoms with Crippen LogP contribution in [0.3, 0.4) is 0 Å². The molecule has 0 atom stereocenters. The van der Waals surface area contributed by atoms with Gasteiger partial charge in [0.1, 0.15) is 0 Å². The lowest BCUT2D eigenvalue weighted by Gasteiger charge is -2.28. The summed E-state index contributed by atoms with van der Waals surface area (Å²) in [5.41, 5.74) is 0.268. The summed E-state index contributed by atoms with van der Waals surface area (Å²) >= 11 is 3.97. The first-order chi connectivity index (χ1) is 5.13. The van der Waals surface area contributed by atoms with Crippen LogP contribution in [0.2, 0.25) is 5.54 Å². The highest BCUT2D eigenvalue weighted by molar-refractivity contribution is 7.80. The second kappa shape index (κ2) is 5.16. The van der Waals surface area contributed by atoms with Crippen molar-refractivity contribution in [3.63, 3.8) is 0 Å². The summed E-state index contributed by atoms with van der Waals surface area (Å²) in [7, 11) is 0.823. The lowest BCUT2D eigenvalue weighted by atomic mass is 10.6. The summed E-state index contributed by atoms with van der Waals surface area (Å²) in [5, 5.41) is 0. The third-order valence-electron chi connectivity index (χ3n) is 1.54. The standard InChI is InChI=1S/C6H16O3SSi/c1-6(2)11(7-3,8-4)9-5-10/h6,10H,5H2,1-4H3. The van der Waals surface area contributed by atoms with Crippen molar-refractivity contribution >= 4 is 21.4 Å². The first-order valence-electron chi connectivity index (χ1n) is 3.48. The van der Waals surface area contributed by atoms with Crippen LogP contribution in [0.15, 0.2) is 0 Å². The highest BCUT2D eigenvalue weighted by atomic mass is 32.1. The van der Waals surface area contributed by atoms with Gasteiger partial charge in [-0.1, -0.05) is 13.8 Å². The molecule has 0 aliphatic carbocycles. The van der Waals surface area contributed by atoms with Crippen molar-refractivity contribution in [3.05, 3.63) is 0 Å². The molecule has 0 aliphatic rings. The largest absolute Gasteiger partial charge is 0.503 e. The van der Waals surface area contributed by atoms with Crippen molar-refractivity contribution in [1.29, 1.82) is 0 Å². The molecule has 0 radical (unpaired) electrons. The van der Waals surface area contributed by atoms with Crippen LogP contribution in [0.1, 0.15) is 13.8 Å². The molecule has 0 aromatic rings. The Hall–Kier alpha value is 0.447. The molecular formula is C6H16O3SSi. The maximum atomic E-state index is 5.35. The Morgan fingerprint density at radius 3 is 1.82 bits per heavy atom. The van der Waals surface area contributed by atoms with Crippen molar-refractivity contribution in [2.45, 2.75) is 19.4 Å². The highest BCUT2D eigenvalue weighted by Crippen LogP contribution is 2.23. The fraction of sp³-hybridized carbons (Fsp3) is 1.00. The summed E-state index contributed by atoms with van der Waals surface area (Å²) in [6.07, 6.45) is 0. The molecule has 68 valence electrons. The Morgan fingerprint density at radius 1 is 1.27 bits per heavy atom. The molecule has 0 N–H and O–H groups in total. The highest BCUT2D eigenvalue weighted by Gasteiger charge is 2.42. The maximum absolute atomic E-state index is 5.35. The summed E-state index contributed by atoms with van der Waals surface area (Å²) in [4.78, 5) is 0. The van der Waals surface area contributed by atoms with Gasteiger partial charge in [0.2, 0.25) is 0 Å². The van der Waals surface area contributed by atoms with Gasteiger partial charge in [0.15, 0.2) is 0 Å². The minimum atomic E-state index is -2.40. The zero-order chi connectivity index (χ0) is 8.91. The molecule has 0 unspecified atom stereocenters. The van der Waals surface area contributed by atoms with Gasteiger partial charge in [0.05, 0.1) is 5.94 Å². The van der Waals surface area contributed by atoms with E-state index in [1.807, 2.05) is 13.8 Å². The molecule has 5 heteroatoms. The van der Waals surface area contributed by atoms with Crippen molar-refractivity contribution in [2.24, 2.45) is 0 Å². The molecule has 0 aliphatic heterocycles. The van der Waals surface area contributed by atoms with Gasteiger partial charge in [0.25, 0.3) is 0 Å². The summed E-state index contributed by atoms with van der Waals surface area (Å²) < 4.78 is 15.8. The number of hydrogen-bond donors (Lipinski definition) is 1. The Balaban J connectivity index is 4.20. The number of hydrogen-bond acceptors (Lipinski definition) is 4. The second-order valence-corrected chi connectivity index (χ2v) is 6.17. The topological polar surface area (TPSA) is 27.7 Å². The molecule has 0 amide bonds. The van der Waals surface area contributed by atoms with Crippen LogP contribution in [0.5, 0.6) is 0 Å². The van der Waals surface area contributed by atoms with Gasteiger partial charge < -0.3 is 13.3 Å². The van der Waals surface area contributed by atoms with Crippen LogP contribution in [0.4, 0.5) is 0 Å². The van der Waals surface area contributed by atoms with Crippen LogP contribution in [-0.4, -0.2) is 29.0 Å². The molecule has 0 spiro atoms. The average molecular weight is 196 g/mol. The molecule has 11 heavy (non-hydrogen) atoms. The molecule has 3 nitrogen and oxygen atoms in total. The van der Waals surface area contributed by atoms with E-state index in [2.05, 4.69) is 12.6 Å². The average Bonchev–Trinajstić information content (AvgIpc) is 2.00. The van der Waals surface area contributed by atoms with Crippen LogP contribution >= 0.6 is 12.6 Å². The molecule has 0 aromatic heterocycles. The molecule has 0 fully saturated rings. The zero-order valence-electron chi connectivity index (χ0n) is 7.46. The Labute approximate surface area is 74.8 Å². The Kier molecular flexibility index (Phi) is 5.37. The van der Waals surface area contributed by atoms with E-state index < -0.39 is 8.80 Å².